The topological polar surface area (TPSA) is 92.6 Å². The highest BCUT2D eigenvalue weighted by atomic mass is 32.2. The number of nitrogens with zero attached hydrogens (tertiary/aromatic N) is 3. The zero-order valence-corrected chi connectivity index (χ0v) is 26.4. The molecule has 7 nitrogen and oxygen atoms in total. The van der Waals surface area contributed by atoms with Crippen molar-refractivity contribution < 1.29 is 19.4 Å². The highest BCUT2D eigenvalue weighted by Crippen LogP contribution is 2.44. The molecule has 1 unspecified atom stereocenters. The number of aliphatic hydroxyl groups is 1. The van der Waals surface area contributed by atoms with Crippen molar-refractivity contribution >= 4 is 45.7 Å². The summed E-state index contributed by atoms with van der Waals surface area (Å²) in [6, 6.07) is 23.9. The van der Waals surface area contributed by atoms with Crippen LogP contribution in [0.5, 0.6) is 5.75 Å². The van der Waals surface area contributed by atoms with Gasteiger partial charge in [0.2, 0.25) is 5.13 Å². The Morgan fingerprint density at radius 2 is 1.67 bits per heavy atom. The molecule has 5 rings (SSSR count). The van der Waals surface area contributed by atoms with Crippen molar-refractivity contribution in [1.82, 2.24) is 10.2 Å². The second-order valence-corrected chi connectivity index (χ2v) is 13.6. The van der Waals surface area contributed by atoms with Gasteiger partial charge in [0, 0.05) is 11.3 Å². The number of benzene rings is 3. The number of ether oxygens (including phenoxy) is 1. The van der Waals surface area contributed by atoms with Crippen LogP contribution in [-0.2, 0) is 20.8 Å². The number of thioether (sulfide) groups is 1. The van der Waals surface area contributed by atoms with Crippen molar-refractivity contribution in [2.24, 2.45) is 0 Å². The lowest BCUT2D eigenvalue weighted by atomic mass is 9.85. The minimum absolute atomic E-state index is 0.0156. The number of aromatic nitrogens is 2. The quantitative estimate of drug-likeness (QED) is 0.0485. The van der Waals surface area contributed by atoms with Crippen LogP contribution in [0.1, 0.15) is 68.8 Å². The molecule has 0 aliphatic carbocycles. The summed E-state index contributed by atoms with van der Waals surface area (Å²) < 4.78 is 6.44. The standard InChI is InChI=1S/C34H35N3O4S2/c1-5-6-20-41-26-18-14-24(15-19-26)29(38)27-28(23-12-16-25(17-13-23)34(2,3)4)37(31(40)30(27)39)32-35-36-33(43-32)42-21-22-10-8-7-9-11-22/h7-19,28,38H,5-6,20-21H2,1-4H3/b29-27-. The van der Waals surface area contributed by atoms with Gasteiger partial charge in [-0.15, -0.1) is 10.2 Å². The van der Waals surface area contributed by atoms with E-state index >= 15 is 0 Å². The molecule has 0 saturated carbocycles. The second-order valence-electron chi connectivity index (χ2n) is 11.4. The summed E-state index contributed by atoms with van der Waals surface area (Å²) >= 11 is 2.77. The number of unbranched alkanes of at least 4 members (excludes halogenated alkanes) is 1. The maximum absolute atomic E-state index is 13.6. The number of ketones is 1. The summed E-state index contributed by atoms with van der Waals surface area (Å²) in [7, 11) is 0. The van der Waals surface area contributed by atoms with E-state index in [9.17, 15) is 14.7 Å². The van der Waals surface area contributed by atoms with Crippen molar-refractivity contribution in [3.8, 4) is 5.75 Å². The summed E-state index contributed by atoms with van der Waals surface area (Å²) in [4.78, 5) is 28.6. The molecule has 4 aromatic rings. The second kappa shape index (κ2) is 13.1. The van der Waals surface area contributed by atoms with E-state index in [1.165, 1.54) is 28.0 Å². The molecule has 43 heavy (non-hydrogen) atoms. The Hall–Kier alpha value is -3.95. The Kier molecular flexibility index (Phi) is 9.32. The van der Waals surface area contributed by atoms with Gasteiger partial charge in [-0.05, 0) is 52.8 Å². The molecule has 1 saturated heterocycles. The van der Waals surface area contributed by atoms with Gasteiger partial charge in [0.25, 0.3) is 5.78 Å². The zero-order chi connectivity index (χ0) is 30.6. The molecule has 1 fully saturated rings. The van der Waals surface area contributed by atoms with E-state index < -0.39 is 17.7 Å². The van der Waals surface area contributed by atoms with Crippen LogP contribution in [0.25, 0.3) is 5.76 Å². The largest absolute Gasteiger partial charge is 0.507 e. The van der Waals surface area contributed by atoms with Crippen LogP contribution in [0.15, 0.2) is 88.8 Å². The van der Waals surface area contributed by atoms with Gasteiger partial charge in [-0.3, -0.25) is 14.5 Å². The van der Waals surface area contributed by atoms with E-state index in [0.717, 1.165) is 24.0 Å². The van der Waals surface area contributed by atoms with Gasteiger partial charge in [0.1, 0.15) is 11.5 Å². The summed E-state index contributed by atoms with van der Waals surface area (Å²) in [6.45, 7) is 9.07. The number of hydrogen-bond acceptors (Lipinski definition) is 8. The van der Waals surface area contributed by atoms with Gasteiger partial charge in [-0.1, -0.05) is 112 Å². The molecule has 9 heteroatoms. The third kappa shape index (κ3) is 6.84. The average molecular weight is 614 g/mol. The van der Waals surface area contributed by atoms with Crippen LogP contribution in [0.4, 0.5) is 5.13 Å². The molecule has 1 N–H and O–H groups in total. The average Bonchev–Trinajstić information content (AvgIpc) is 3.58. The third-order valence-corrected chi connectivity index (χ3v) is 9.37. The van der Waals surface area contributed by atoms with E-state index in [4.69, 9.17) is 4.74 Å². The van der Waals surface area contributed by atoms with Gasteiger partial charge >= 0.3 is 5.91 Å². The molecule has 3 aromatic carbocycles. The number of amides is 1. The van der Waals surface area contributed by atoms with Crippen molar-refractivity contribution in [3.05, 3.63) is 107 Å². The fraction of sp³-hybridized carbons (Fsp3) is 0.294. The van der Waals surface area contributed by atoms with Crippen molar-refractivity contribution in [3.63, 3.8) is 0 Å². The van der Waals surface area contributed by atoms with Gasteiger partial charge in [-0.2, -0.15) is 0 Å². The number of carbonyl (C=O) groups is 2. The molecule has 1 atom stereocenters. The number of anilines is 1. The summed E-state index contributed by atoms with van der Waals surface area (Å²) in [6.07, 6.45) is 1.97. The number of rotatable bonds is 10. The van der Waals surface area contributed by atoms with E-state index in [2.05, 4.69) is 37.9 Å². The number of aliphatic hydroxyl groups excluding tert-OH is 1. The molecule has 1 aliphatic rings. The lowest BCUT2D eigenvalue weighted by Gasteiger charge is -2.24. The third-order valence-electron chi connectivity index (χ3n) is 7.24. The first kappa shape index (κ1) is 30.5. The Bertz CT molecular complexity index is 1610. The molecule has 0 radical (unpaired) electrons. The molecular formula is C34H35N3O4S2. The highest BCUT2D eigenvalue weighted by Gasteiger charge is 2.48. The van der Waals surface area contributed by atoms with Gasteiger partial charge < -0.3 is 9.84 Å². The van der Waals surface area contributed by atoms with Gasteiger partial charge in [0.15, 0.2) is 4.34 Å². The fourth-order valence-corrected chi connectivity index (χ4v) is 6.61. The Balaban J connectivity index is 1.52. The summed E-state index contributed by atoms with van der Waals surface area (Å²) in [5.41, 5.74) is 3.32. The van der Waals surface area contributed by atoms with Crippen molar-refractivity contribution in [2.45, 2.75) is 62.1 Å². The van der Waals surface area contributed by atoms with Crippen LogP contribution in [0, 0.1) is 0 Å². The molecule has 1 aromatic heterocycles. The fourth-order valence-electron chi connectivity index (χ4n) is 4.79. The lowest BCUT2D eigenvalue weighted by molar-refractivity contribution is -0.132. The SMILES string of the molecule is CCCCOc1ccc(/C(O)=C2/C(=O)C(=O)N(c3nnc(SCc4ccccc4)s3)C2c2ccc(C(C)(C)C)cc2)cc1. The van der Waals surface area contributed by atoms with E-state index in [1.807, 2.05) is 54.6 Å². The van der Waals surface area contributed by atoms with E-state index in [1.54, 1.807) is 24.3 Å². The van der Waals surface area contributed by atoms with Crippen molar-refractivity contribution in [2.75, 3.05) is 11.5 Å². The molecule has 0 bridgehead atoms. The molecule has 222 valence electrons. The molecule has 0 spiro atoms. The van der Waals surface area contributed by atoms with Crippen molar-refractivity contribution in [1.29, 1.82) is 0 Å². The molecular weight excluding hydrogens is 579 g/mol. The minimum Gasteiger partial charge on any atom is -0.507 e. The molecule has 2 heterocycles. The Morgan fingerprint density at radius 1 is 0.977 bits per heavy atom. The monoisotopic (exact) mass is 613 g/mol. The number of Topliss-reactive ketones (excluding diaryl/α,β-unsaturated/α-hetero) is 1. The van der Waals surface area contributed by atoms with Crippen LogP contribution in [0.2, 0.25) is 0 Å². The predicted molar refractivity (Wildman–Crippen MR) is 173 cm³/mol. The first-order valence-corrected chi connectivity index (χ1v) is 16.1. The maximum Gasteiger partial charge on any atom is 0.301 e. The van der Waals surface area contributed by atoms with Gasteiger partial charge in [0.05, 0.1) is 18.2 Å². The number of hydrogen-bond donors (Lipinski definition) is 1. The Labute approximate surface area is 260 Å². The normalized spacial score (nSPS) is 16.6. The Morgan fingerprint density at radius 3 is 2.33 bits per heavy atom. The smallest absolute Gasteiger partial charge is 0.301 e. The zero-order valence-electron chi connectivity index (χ0n) is 24.7. The maximum atomic E-state index is 13.6. The predicted octanol–water partition coefficient (Wildman–Crippen LogP) is 7.93. The summed E-state index contributed by atoms with van der Waals surface area (Å²) in [5.74, 6) is -0.381. The summed E-state index contributed by atoms with van der Waals surface area (Å²) in [5, 5.41) is 20.5. The lowest BCUT2D eigenvalue weighted by Crippen LogP contribution is -2.29. The van der Waals surface area contributed by atoms with Crippen LogP contribution >= 0.6 is 23.1 Å². The first-order chi connectivity index (χ1) is 20.7. The van der Waals surface area contributed by atoms with Crippen LogP contribution in [0.3, 0.4) is 0 Å². The number of carbonyl (C=O) groups excluding carboxylic acids is 2. The van der Waals surface area contributed by atoms with Crippen LogP contribution < -0.4 is 9.64 Å². The molecule has 1 aliphatic heterocycles. The van der Waals surface area contributed by atoms with E-state index in [-0.39, 0.29) is 16.7 Å². The van der Waals surface area contributed by atoms with Gasteiger partial charge in [-0.25, -0.2) is 0 Å². The highest BCUT2D eigenvalue weighted by molar-refractivity contribution is 8.00. The van der Waals surface area contributed by atoms with Crippen LogP contribution in [-0.4, -0.2) is 33.6 Å². The molecule has 1 amide bonds. The first-order valence-electron chi connectivity index (χ1n) is 14.3. The van der Waals surface area contributed by atoms with E-state index in [0.29, 0.717) is 38.7 Å². The minimum atomic E-state index is -0.866.